The number of ether oxygens (including phenoxy) is 1. The number of aromatic nitrogens is 2. The van der Waals surface area contributed by atoms with Gasteiger partial charge in [0, 0.05) is 6.54 Å². The zero-order valence-corrected chi connectivity index (χ0v) is 10.6. The predicted molar refractivity (Wildman–Crippen MR) is 60.1 cm³/mol. The topological polar surface area (TPSA) is 47.0 Å². The van der Waals surface area contributed by atoms with Crippen LogP contribution in [0.4, 0.5) is 19.0 Å². The van der Waals surface area contributed by atoms with Gasteiger partial charge in [0.05, 0.1) is 0 Å². The lowest BCUT2D eigenvalue weighted by Crippen LogP contribution is -2.20. The van der Waals surface area contributed by atoms with Gasteiger partial charge in [-0.25, -0.2) is 9.97 Å². The van der Waals surface area contributed by atoms with Gasteiger partial charge in [0.1, 0.15) is 16.6 Å². The van der Waals surface area contributed by atoms with E-state index in [9.17, 15) is 13.2 Å². The van der Waals surface area contributed by atoms with Crippen molar-refractivity contribution in [2.45, 2.75) is 19.5 Å². The van der Waals surface area contributed by atoms with Crippen molar-refractivity contribution in [1.29, 1.82) is 0 Å². The Morgan fingerprint density at radius 1 is 1.41 bits per heavy atom. The van der Waals surface area contributed by atoms with E-state index in [0.29, 0.717) is 12.4 Å². The van der Waals surface area contributed by atoms with Crippen LogP contribution in [0.2, 0.25) is 0 Å². The van der Waals surface area contributed by atoms with Crippen LogP contribution in [0.25, 0.3) is 0 Å². The number of nitrogens with one attached hydrogen (secondary N) is 1. The molecule has 1 heterocycles. The zero-order chi connectivity index (χ0) is 12.9. The van der Waals surface area contributed by atoms with Gasteiger partial charge in [-0.2, -0.15) is 13.2 Å². The summed E-state index contributed by atoms with van der Waals surface area (Å²) in [5, 5.41) is 2.94. The van der Waals surface area contributed by atoms with Crippen LogP contribution < -0.4 is 10.1 Å². The Morgan fingerprint density at radius 3 is 2.71 bits per heavy atom. The highest BCUT2D eigenvalue weighted by Crippen LogP contribution is 2.29. The minimum Gasteiger partial charge on any atom is -0.467 e. The van der Waals surface area contributed by atoms with Crippen molar-refractivity contribution in [3.63, 3.8) is 0 Å². The molecule has 0 spiro atoms. The summed E-state index contributed by atoms with van der Waals surface area (Å²) in [5.41, 5.74) is 0. The summed E-state index contributed by atoms with van der Waals surface area (Å²) in [6, 6.07) is 0. The Kier molecular flexibility index (Phi) is 4.98. The van der Waals surface area contributed by atoms with Gasteiger partial charge >= 0.3 is 6.18 Å². The third-order valence-corrected chi connectivity index (χ3v) is 2.39. The summed E-state index contributed by atoms with van der Waals surface area (Å²) in [7, 11) is 0. The van der Waals surface area contributed by atoms with E-state index in [2.05, 4.69) is 36.0 Å². The minimum atomic E-state index is -4.39. The van der Waals surface area contributed by atoms with Crippen molar-refractivity contribution < 1.29 is 17.9 Å². The number of hydrogen-bond donors (Lipinski definition) is 1. The van der Waals surface area contributed by atoms with Gasteiger partial charge in [0.15, 0.2) is 6.61 Å². The molecule has 1 aromatic heterocycles. The molecule has 0 amide bonds. The monoisotopic (exact) mass is 313 g/mol. The third kappa shape index (κ3) is 4.76. The molecular formula is C9H11BrF3N3O. The number of anilines is 1. The first-order valence-corrected chi connectivity index (χ1v) is 5.67. The van der Waals surface area contributed by atoms with E-state index in [-0.39, 0.29) is 10.4 Å². The lowest BCUT2D eigenvalue weighted by molar-refractivity contribution is -0.154. The number of halogens is 4. The molecule has 96 valence electrons. The predicted octanol–water partition coefficient (Wildman–Crippen LogP) is 3.00. The molecule has 0 bridgehead atoms. The molecule has 0 unspecified atom stereocenters. The molecule has 0 saturated heterocycles. The molecule has 0 saturated carbocycles. The molecule has 0 fully saturated rings. The first kappa shape index (κ1) is 14.0. The van der Waals surface area contributed by atoms with Crippen LogP contribution in [-0.2, 0) is 0 Å². The van der Waals surface area contributed by atoms with Gasteiger partial charge in [0.2, 0.25) is 5.88 Å². The van der Waals surface area contributed by atoms with Crippen LogP contribution in [0.15, 0.2) is 10.8 Å². The molecule has 0 radical (unpaired) electrons. The molecular weight excluding hydrogens is 303 g/mol. The largest absolute Gasteiger partial charge is 0.467 e. The summed E-state index contributed by atoms with van der Waals surface area (Å²) in [6.07, 6.45) is -2.37. The van der Waals surface area contributed by atoms with Crippen molar-refractivity contribution in [3.05, 3.63) is 10.8 Å². The molecule has 0 aliphatic heterocycles. The van der Waals surface area contributed by atoms with Crippen LogP contribution in [-0.4, -0.2) is 29.3 Å². The van der Waals surface area contributed by atoms with Gasteiger partial charge in [-0.1, -0.05) is 6.92 Å². The van der Waals surface area contributed by atoms with E-state index in [1.165, 1.54) is 0 Å². The lowest BCUT2D eigenvalue weighted by Gasteiger charge is -2.11. The second kappa shape index (κ2) is 6.04. The average molecular weight is 314 g/mol. The normalized spacial score (nSPS) is 11.4. The van der Waals surface area contributed by atoms with Crippen LogP contribution in [0, 0.1) is 0 Å². The van der Waals surface area contributed by atoms with E-state index in [1.54, 1.807) is 0 Å². The fourth-order valence-corrected chi connectivity index (χ4v) is 1.43. The third-order valence-electron chi connectivity index (χ3n) is 1.67. The van der Waals surface area contributed by atoms with Crippen molar-refractivity contribution in [2.24, 2.45) is 0 Å². The van der Waals surface area contributed by atoms with Gasteiger partial charge in [0.25, 0.3) is 0 Å². The molecule has 4 nitrogen and oxygen atoms in total. The smallest absolute Gasteiger partial charge is 0.422 e. The van der Waals surface area contributed by atoms with E-state index < -0.39 is 12.8 Å². The summed E-state index contributed by atoms with van der Waals surface area (Å²) >= 11 is 3.10. The highest BCUT2D eigenvalue weighted by atomic mass is 79.9. The van der Waals surface area contributed by atoms with E-state index in [4.69, 9.17) is 0 Å². The maximum Gasteiger partial charge on any atom is 0.422 e. The van der Waals surface area contributed by atoms with E-state index >= 15 is 0 Å². The van der Waals surface area contributed by atoms with Crippen molar-refractivity contribution in [3.8, 4) is 5.88 Å². The quantitative estimate of drug-likeness (QED) is 0.907. The van der Waals surface area contributed by atoms with Crippen molar-refractivity contribution >= 4 is 21.7 Å². The molecule has 1 N–H and O–H groups in total. The fourth-order valence-electron chi connectivity index (χ4n) is 0.971. The summed E-state index contributed by atoms with van der Waals surface area (Å²) in [4.78, 5) is 7.52. The van der Waals surface area contributed by atoms with Crippen LogP contribution in [0.3, 0.4) is 0 Å². The fraction of sp³-hybridized carbons (Fsp3) is 0.556. The SMILES string of the molecule is CCCNc1ncnc(OCC(F)(F)F)c1Br. The summed E-state index contributed by atoms with van der Waals surface area (Å²) < 4.78 is 40.8. The Bertz CT molecular complexity index is 373. The molecule has 1 aromatic rings. The first-order chi connectivity index (χ1) is 7.94. The number of nitrogens with zero attached hydrogens (tertiary/aromatic N) is 2. The lowest BCUT2D eigenvalue weighted by atomic mass is 10.4. The highest BCUT2D eigenvalue weighted by Gasteiger charge is 2.29. The first-order valence-electron chi connectivity index (χ1n) is 4.88. The molecule has 0 aliphatic rings. The average Bonchev–Trinajstić information content (AvgIpc) is 2.25. The van der Waals surface area contributed by atoms with Gasteiger partial charge in [-0.15, -0.1) is 0 Å². The summed E-state index contributed by atoms with van der Waals surface area (Å²) in [6.45, 7) is 1.24. The maximum atomic E-state index is 12.0. The van der Waals surface area contributed by atoms with E-state index in [0.717, 1.165) is 12.7 Å². The Balaban J connectivity index is 2.72. The molecule has 1 rings (SSSR count). The molecule has 0 aromatic carbocycles. The number of hydrogen-bond acceptors (Lipinski definition) is 4. The van der Waals surface area contributed by atoms with Gasteiger partial charge < -0.3 is 10.1 Å². The molecule has 0 atom stereocenters. The standard InChI is InChI=1S/C9H11BrF3N3O/c1-2-3-14-7-6(10)8(16-5-15-7)17-4-9(11,12)13/h5H,2-4H2,1H3,(H,14,15,16). The summed E-state index contributed by atoms with van der Waals surface area (Å²) in [5.74, 6) is 0.287. The van der Waals surface area contributed by atoms with Crippen molar-refractivity contribution in [1.82, 2.24) is 9.97 Å². The molecule has 17 heavy (non-hydrogen) atoms. The zero-order valence-electron chi connectivity index (χ0n) is 9.01. The van der Waals surface area contributed by atoms with Crippen LogP contribution in [0.5, 0.6) is 5.88 Å². The Morgan fingerprint density at radius 2 is 2.12 bits per heavy atom. The van der Waals surface area contributed by atoms with Gasteiger partial charge in [-0.3, -0.25) is 0 Å². The Labute approximate surface area is 105 Å². The number of alkyl halides is 3. The highest BCUT2D eigenvalue weighted by molar-refractivity contribution is 9.10. The van der Waals surface area contributed by atoms with E-state index in [1.807, 2.05) is 6.92 Å². The molecule has 8 heteroatoms. The second-order valence-corrected chi connectivity index (χ2v) is 3.97. The maximum absolute atomic E-state index is 12.0. The van der Waals surface area contributed by atoms with Crippen molar-refractivity contribution in [2.75, 3.05) is 18.5 Å². The second-order valence-electron chi connectivity index (χ2n) is 3.17. The van der Waals surface area contributed by atoms with Crippen LogP contribution in [0.1, 0.15) is 13.3 Å². The number of rotatable bonds is 5. The van der Waals surface area contributed by atoms with Crippen LogP contribution >= 0.6 is 15.9 Å². The molecule has 0 aliphatic carbocycles. The Hall–Kier alpha value is -1.05. The minimum absolute atomic E-state index is 0.129. The van der Waals surface area contributed by atoms with Gasteiger partial charge in [-0.05, 0) is 22.4 Å².